The highest BCUT2D eigenvalue weighted by atomic mass is 19.1. The molecule has 1 aromatic heterocycles. The minimum Gasteiger partial charge on any atom is -0.328 e. The highest BCUT2D eigenvalue weighted by Crippen LogP contribution is 2.21. The Kier molecular flexibility index (Phi) is 3.33. The van der Waals surface area contributed by atoms with E-state index in [-0.39, 0.29) is 11.9 Å². The molecule has 0 fully saturated rings. The van der Waals surface area contributed by atoms with Crippen LogP contribution in [-0.2, 0) is 0 Å². The molecule has 0 saturated carbocycles. The van der Waals surface area contributed by atoms with Crippen LogP contribution < -0.4 is 5.56 Å². The fourth-order valence-corrected chi connectivity index (χ4v) is 2.72. The van der Waals surface area contributed by atoms with Crippen molar-refractivity contribution in [2.45, 2.75) is 19.4 Å². The van der Waals surface area contributed by atoms with Crippen LogP contribution in [0.4, 0.5) is 4.39 Å². The van der Waals surface area contributed by atoms with Crippen LogP contribution in [-0.4, -0.2) is 28.4 Å². The van der Waals surface area contributed by atoms with Gasteiger partial charge >= 0.3 is 0 Å². The zero-order chi connectivity index (χ0) is 15.0. The smallest absolute Gasteiger partial charge is 0.255 e. The summed E-state index contributed by atoms with van der Waals surface area (Å²) in [5.74, 6) is -0.647. The highest BCUT2D eigenvalue weighted by Gasteiger charge is 2.25. The molecule has 4 nitrogen and oxygen atoms in total. The number of carbonyl (C=O) groups is 1. The molecule has 0 bridgehead atoms. The van der Waals surface area contributed by atoms with Gasteiger partial charge in [0.2, 0.25) is 5.56 Å². The maximum absolute atomic E-state index is 13.3. The third-order valence-electron chi connectivity index (χ3n) is 3.78. The minimum absolute atomic E-state index is 0.0484. The lowest BCUT2D eigenvalue weighted by Crippen LogP contribution is -2.36. The third kappa shape index (κ3) is 2.35. The van der Waals surface area contributed by atoms with Gasteiger partial charge in [-0.1, -0.05) is 19.1 Å². The molecule has 3 rings (SSSR count). The molecule has 1 aliphatic heterocycles. The largest absolute Gasteiger partial charge is 0.328 e. The SMILES string of the molecule is CC[C@H]1C=CCN1C(=O)c1cc(=O)[nH]c2cc(F)ccc12. The van der Waals surface area contributed by atoms with Gasteiger partial charge in [-0.25, -0.2) is 4.39 Å². The fourth-order valence-electron chi connectivity index (χ4n) is 2.72. The number of nitrogens with one attached hydrogen (secondary N) is 1. The normalized spacial score (nSPS) is 17.6. The predicted molar refractivity (Wildman–Crippen MR) is 78.8 cm³/mol. The summed E-state index contributed by atoms with van der Waals surface area (Å²) in [5.41, 5.74) is 0.249. The molecule has 2 aromatic rings. The van der Waals surface area contributed by atoms with E-state index in [4.69, 9.17) is 0 Å². The molecule has 1 aromatic carbocycles. The van der Waals surface area contributed by atoms with E-state index < -0.39 is 11.4 Å². The van der Waals surface area contributed by atoms with Crippen LogP contribution in [0.25, 0.3) is 10.9 Å². The van der Waals surface area contributed by atoms with Crippen LogP contribution in [0, 0.1) is 5.82 Å². The molecule has 0 unspecified atom stereocenters. The molecule has 1 atom stereocenters. The maximum atomic E-state index is 13.3. The summed E-state index contributed by atoms with van der Waals surface area (Å²) in [5, 5.41) is 0.558. The highest BCUT2D eigenvalue weighted by molar-refractivity contribution is 6.06. The summed E-state index contributed by atoms with van der Waals surface area (Å²) in [4.78, 5) is 28.7. The number of pyridine rings is 1. The number of fused-ring (bicyclic) bond motifs is 1. The summed E-state index contributed by atoms with van der Waals surface area (Å²) >= 11 is 0. The summed E-state index contributed by atoms with van der Waals surface area (Å²) in [6, 6.07) is 5.38. The first kappa shape index (κ1) is 13.5. The maximum Gasteiger partial charge on any atom is 0.255 e. The number of carbonyl (C=O) groups excluding carboxylic acids is 1. The number of benzene rings is 1. The van der Waals surface area contributed by atoms with Crippen molar-refractivity contribution in [1.82, 2.24) is 9.88 Å². The van der Waals surface area contributed by atoms with Gasteiger partial charge in [0.1, 0.15) is 5.82 Å². The van der Waals surface area contributed by atoms with Gasteiger partial charge in [0.05, 0.1) is 17.1 Å². The first-order chi connectivity index (χ1) is 10.1. The number of halogens is 1. The quantitative estimate of drug-likeness (QED) is 0.862. The van der Waals surface area contributed by atoms with E-state index in [1.807, 2.05) is 19.1 Å². The third-order valence-corrected chi connectivity index (χ3v) is 3.78. The van der Waals surface area contributed by atoms with Crippen molar-refractivity contribution in [3.8, 4) is 0 Å². The molecule has 0 aliphatic carbocycles. The van der Waals surface area contributed by atoms with E-state index in [0.29, 0.717) is 23.0 Å². The number of hydrogen-bond acceptors (Lipinski definition) is 2. The van der Waals surface area contributed by atoms with Crippen LogP contribution >= 0.6 is 0 Å². The Labute approximate surface area is 120 Å². The lowest BCUT2D eigenvalue weighted by atomic mass is 10.1. The van der Waals surface area contributed by atoms with Crippen molar-refractivity contribution in [2.24, 2.45) is 0 Å². The van der Waals surface area contributed by atoms with Crippen LogP contribution in [0.2, 0.25) is 0 Å². The van der Waals surface area contributed by atoms with Crippen molar-refractivity contribution in [2.75, 3.05) is 6.54 Å². The second-order valence-electron chi connectivity index (χ2n) is 5.10. The number of hydrogen-bond donors (Lipinski definition) is 1. The zero-order valence-corrected chi connectivity index (χ0v) is 11.6. The number of aromatic nitrogens is 1. The Bertz CT molecular complexity index is 794. The minimum atomic E-state index is -0.447. The van der Waals surface area contributed by atoms with Crippen LogP contribution in [0.3, 0.4) is 0 Å². The Morgan fingerprint density at radius 1 is 1.43 bits per heavy atom. The second kappa shape index (κ2) is 5.16. The molecule has 1 aliphatic rings. The van der Waals surface area contributed by atoms with Gasteiger partial charge in [-0.3, -0.25) is 9.59 Å². The van der Waals surface area contributed by atoms with Crippen molar-refractivity contribution in [1.29, 1.82) is 0 Å². The van der Waals surface area contributed by atoms with E-state index in [1.54, 1.807) is 4.90 Å². The first-order valence-corrected chi connectivity index (χ1v) is 6.90. The van der Waals surface area contributed by atoms with E-state index in [0.717, 1.165) is 6.42 Å². The fraction of sp³-hybridized carbons (Fsp3) is 0.250. The monoisotopic (exact) mass is 286 g/mol. The molecular formula is C16H15FN2O2. The van der Waals surface area contributed by atoms with Crippen LogP contribution in [0.15, 0.2) is 41.2 Å². The molecule has 2 heterocycles. The Morgan fingerprint density at radius 3 is 3.00 bits per heavy atom. The van der Waals surface area contributed by atoms with Gasteiger partial charge in [0.25, 0.3) is 5.91 Å². The molecule has 1 amide bonds. The number of nitrogens with zero attached hydrogens (tertiary/aromatic N) is 1. The zero-order valence-electron chi connectivity index (χ0n) is 11.6. The van der Waals surface area contributed by atoms with Crippen molar-refractivity contribution in [3.05, 3.63) is 58.2 Å². The Hall–Kier alpha value is -2.43. The standard InChI is InChI=1S/C16H15FN2O2/c1-2-11-4-3-7-19(11)16(21)13-9-15(20)18-14-8-10(17)5-6-12(13)14/h3-6,8-9,11H,2,7H2,1H3,(H,18,20)/t11-/m0/s1. The van der Waals surface area contributed by atoms with Gasteiger partial charge < -0.3 is 9.88 Å². The average molecular weight is 286 g/mol. The van der Waals surface area contributed by atoms with Gasteiger partial charge in [0, 0.05) is 18.0 Å². The van der Waals surface area contributed by atoms with Crippen LogP contribution in [0.5, 0.6) is 0 Å². The molecule has 0 saturated heterocycles. The van der Waals surface area contributed by atoms with E-state index in [1.165, 1.54) is 24.3 Å². The first-order valence-electron chi connectivity index (χ1n) is 6.90. The summed E-state index contributed by atoms with van der Waals surface area (Å²) in [6.45, 7) is 2.54. The summed E-state index contributed by atoms with van der Waals surface area (Å²) in [7, 11) is 0. The second-order valence-corrected chi connectivity index (χ2v) is 5.10. The Morgan fingerprint density at radius 2 is 2.24 bits per heavy atom. The van der Waals surface area contributed by atoms with E-state index in [2.05, 4.69) is 4.98 Å². The topological polar surface area (TPSA) is 53.2 Å². The van der Waals surface area contributed by atoms with E-state index >= 15 is 0 Å². The lowest BCUT2D eigenvalue weighted by molar-refractivity contribution is 0.0749. The predicted octanol–water partition coefficient (Wildman–Crippen LogP) is 2.46. The molecular weight excluding hydrogens is 271 g/mol. The number of H-pyrrole nitrogens is 1. The summed E-state index contributed by atoms with van der Waals surface area (Å²) < 4.78 is 13.3. The summed E-state index contributed by atoms with van der Waals surface area (Å²) in [6.07, 6.45) is 4.76. The van der Waals surface area contributed by atoms with Crippen LogP contribution in [0.1, 0.15) is 23.7 Å². The molecule has 108 valence electrons. The van der Waals surface area contributed by atoms with Gasteiger partial charge in [-0.05, 0) is 24.6 Å². The van der Waals surface area contributed by atoms with Crippen molar-refractivity contribution < 1.29 is 9.18 Å². The molecule has 0 spiro atoms. The lowest BCUT2D eigenvalue weighted by Gasteiger charge is -2.24. The Balaban J connectivity index is 2.12. The molecule has 21 heavy (non-hydrogen) atoms. The molecule has 0 radical (unpaired) electrons. The number of aromatic amines is 1. The number of rotatable bonds is 2. The van der Waals surface area contributed by atoms with Gasteiger partial charge in [0.15, 0.2) is 0 Å². The van der Waals surface area contributed by atoms with Gasteiger partial charge in [-0.2, -0.15) is 0 Å². The molecule has 1 N–H and O–H groups in total. The van der Waals surface area contributed by atoms with E-state index in [9.17, 15) is 14.0 Å². The van der Waals surface area contributed by atoms with Crippen molar-refractivity contribution >= 4 is 16.8 Å². The average Bonchev–Trinajstić information content (AvgIpc) is 2.93. The number of amides is 1. The van der Waals surface area contributed by atoms with Gasteiger partial charge in [-0.15, -0.1) is 0 Å². The van der Waals surface area contributed by atoms with Crippen molar-refractivity contribution in [3.63, 3.8) is 0 Å². The molecule has 5 heteroatoms.